The maximum atomic E-state index is 11.6. The van der Waals surface area contributed by atoms with Gasteiger partial charge in [-0.15, -0.1) is 0 Å². The molecule has 0 spiro atoms. The van der Waals surface area contributed by atoms with Crippen molar-refractivity contribution < 1.29 is 9.52 Å². The second-order valence-corrected chi connectivity index (χ2v) is 4.95. The van der Waals surface area contributed by atoms with Crippen LogP contribution in [0.15, 0.2) is 44.5 Å². The van der Waals surface area contributed by atoms with Crippen LogP contribution in [0, 0.1) is 6.92 Å². The minimum Gasteiger partial charge on any atom is -0.507 e. The molecule has 0 aliphatic rings. The smallest absolute Gasteiger partial charge is 0.348 e. The van der Waals surface area contributed by atoms with Gasteiger partial charge in [0, 0.05) is 12.3 Å². The van der Waals surface area contributed by atoms with E-state index >= 15 is 0 Å². The Morgan fingerprint density at radius 3 is 2.45 bits per heavy atom. The lowest BCUT2D eigenvalue weighted by molar-refractivity contribution is 0.433. The lowest BCUT2D eigenvalue weighted by Gasteiger charge is -2.04. The SMILES string of the molecule is Cc1cc(O)c(C=Nc2ccc(C(C)C)cc2)c(=O)o1. The fraction of sp³-hybridized carbons (Fsp3) is 0.250. The predicted molar refractivity (Wildman–Crippen MR) is 79.2 cm³/mol. The van der Waals surface area contributed by atoms with Crippen LogP contribution in [0.4, 0.5) is 5.69 Å². The van der Waals surface area contributed by atoms with Crippen LogP contribution in [-0.2, 0) is 0 Å². The summed E-state index contributed by atoms with van der Waals surface area (Å²) in [6, 6.07) is 9.13. The highest BCUT2D eigenvalue weighted by atomic mass is 16.4. The molecule has 0 unspecified atom stereocenters. The highest BCUT2D eigenvalue weighted by Crippen LogP contribution is 2.19. The molecule has 2 rings (SSSR count). The monoisotopic (exact) mass is 271 g/mol. The van der Waals surface area contributed by atoms with Crippen molar-refractivity contribution in [2.75, 3.05) is 0 Å². The molecule has 4 heteroatoms. The van der Waals surface area contributed by atoms with Crippen molar-refractivity contribution in [2.45, 2.75) is 26.7 Å². The summed E-state index contributed by atoms with van der Waals surface area (Å²) >= 11 is 0. The average molecular weight is 271 g/mol. The first-order valence-corrected chi connectivity index (χ1v) is 6.45. The minimum atomic E-state index is -0.593. The molecule has 0 aliphatic carbocycles. The zero-order valence-electron chi connectivity index (χ0n) is 11.8. The summed E-state index contributed by atoms with van der Waals surface area (Å²) in [5.74, 6) is 0.702. The third kappa shape index (κ3) is 3.15. The molecule has 0 radical (unpaired) electrons. The number of aryl methyl sites for hydroxylation is 1. The number of nitrogens with zero attached hydrogens (tertiary/aromatic N) is 1. The van der Waals surface area contributed by atoms with Gasteiger partial charge in [0.2, 0.25) is 0 Å². The largest absolute Gasteiger partial charge is 0.507 e. The van der Waals surface area contributed by atoms with Crippen molar-refractivity contribution in [3.63, 3.8) is 0 Å². The van der Waals surface area contributed by atoms with E-state index in [4.69, 9.17) is 4.42 Å². The van der Waals surface area contributed by atoms with Crippen LogP contribution in [-0.4, -0.2) is 11.3 Å². The zero-order chi connectivity index (χ0) is 14.7. The quantitative estimate of drug-likeness (QED) is 0.869. The van der Waals surface area contributed by atoms with Crippen LogP contribution < -0.4 is 5.63 Å². The Balaban J connectivity index is 2.28. The highest BCUT2D eigenvalue weighted by Gasteiger charge is 2.07. The summed E-state index contributed by atoms with van der Waals surface area (Å²) in [5.41, 5.74) is 1.41. The van der Waals surface area contributed by atoms with Gasteiger partial charge < -0.3 is 9.52 Å². The molecule has 1 aromatic heterocycles. The summed E-state index contributed by atoms with van der Waals surface area (Å²) in [7, 11) is 0. The normalized spacial score (nSPS) is 11.4. The van der Waals surface area contributed by atoms with Gasteiger partial charge in [-0.1, -0.05) is 26.0 Å². The fourth-order valence-electron chi connectivity index (χ4n) is 1.81. The molecule has 0 atom stereocenters. The Morgan fingerprint density at radius 1 is 1.25 bits per heavy atom. The van der Waals surface area contributed by atoms with E-state index < -0.39 is 5.63 Å². The van der Waals surface area contributed by atoms with Crippen LogP contribution >= 0.6 is 0 Å². The molecule has 1 N–H and O–H groups in total. The number of hydrogen-bond donors (Lipinski definition) is 1. The summed E-state index contributed by atoms with van der Waals surface area (Å²) in [6.07, 6.45) is 1.32. The van der Waals surface area contributed by atoms with Crippen molar-refractivity contribution in [3.8, 4) is 5.75 Å². The molecule has 1 aromatic carbocycles. The Kier molecular flexibility index (Phi) is 4.03. The molecular formula is C16H17NO3. The topological polar surface area (TPSA) is 62.8 Å². The van der Waals surface area contributed by atoms with Gasteiger partial charge in [0.1, 0.15) is 17.1 Å². The second-order valence-electron chi connectivity index (χ2n) is 4.95. The molecule has 0 bridgehead atoms. The minimum absolute atomic E-state index is 0.0588. The van der Waals surface area contributed by atoms with E-state index in [1.807, 2.05) is 24.3 Å². The first-order chi connectivity index (χ1) is 9.47. The highest BCUT2D eigenvalue weighted by molar-refractivity contribution is 5.84. The van der Waals surface area contributed by atoms with Crippen molar-refractivity contribution in [3.05, 3.63) is 57.6 Å². The van der Waals surface area contributed by atoms with Crippen LogP contribution in [0.1, 0.15) is 36.7 Å². The van der Waals surface area contributed by atoms with Gasteiger partial charge in [-0.3, -0.25) is 4.99 Å². The third-order valence-corrected chi connectivity index (χ3v) is 2.99. The van der Waals surface area contributed by atoms with Gasteiger partial charge in [-0.2, -0.15) is 0 Å². The first-order valence-electron chi connectivity index (χ1n) is 6.45. The molecule has 0 fully saturated rings. The number of aromatic hydroxyl groups is 1. The number of hydrogen-bond acceptors (Lipinski definition) is 4. The van der Waals surface area contributed by atoms with Crippen LogP contribution in [0.5, 0.6) is 5.75 Å². The van der Waals surface area contributed by atoms with E-state index in [0.29, 0.717) is 17.4 Å². The van der Waals surface area contributed by atoms with Gasteiger partial charge in [-0.25, -0.2) is 4.79 Å². The zero-order valence-corrected chi connectivity index (χ0v) is 11.8. The summed E-state index contributed by atoms with van der Waals surface area (Å²) < 4.78 is 4.92. The maximum Gasteiger partial charge on any atom is 0.348 e. The lowest BCUT2D eigenvalue weighted by atomic mass is 10.0. The van der Waals surface area contributed by atoms with E-state index in [-0.39, 0.29) is 11.3 Å². The Labute approximate surface area is 117 Å². The predicted octanol–water partition coefficient (Wildman–Crippen LogP) is 3.53. The van der Waals surface area contributed by atoms with Gasteiger partial charge in [0.05, 0.1) is 5.69 Å². The van der Waals surface area contributed by atoms with Crippen LogP contribution in [0.2, 0.25) is 0 Å². The molecule has 0 aliphatic heterocycles. The van der Waals surface area contributed by atoms with Gasteiger partial charge in [0.25, 0.3) is 0 Å². The Morgan fingerprint density at radius 2 is 1.90 bits per heavy atom. The molecule has 20 heavy (non-hydrogen) atoms. The molecule has 0 saturated heterocycles. The van der Waals surface area contributed by atoms with Crippen LogP contribution in [0.3, 0.4) is 0 Å². The third-order valence-electron chi connectivity index (χ3n) is 2.99. The Hall–Kier alpha value is -2.36. The van der Waals surface area contributed by atoms with Gasteiger partial charge >= 0.3 is 5.63 Å². The van der Waals surface area contributed by atoms with Crippen LogP contribution in [0.25, 0.3) is 0 Å². The van der Waals surface area contributed by atoms with E-state index in [9.17, 15) is 9.90 Å². The van der Waals surface area contributed by atoms with Gasteiger partial charge in [0.15, 0.2) is 0 Å². The standard InChI is InChI=1S/C16H17NO3/c1-10(2)12-4-6-13(7-5-12)17-9-14-15(18)8-11(3)20-16(14)19/h4-10,18H,1-3H3. The second kappa shape index (κ2) is 5.74. The molecule has 1 heterocycles. The molecule has 0 amide bonds. The van der Waals surface area contributed by atoms with Crippen molar-refractivity contribution in [1.29, 1.82) is 0 Å². The number of aliphatic imine (C=N–C) groups is 1. The molecule has 2 aromatic rings. The van der Waals surface area contributed by atoms with E-state index in [1.165, 1.54) is 17.8 Å². The van der Waals surface area contributed by atoms with E-state index in [1.54, 1.807) is 6.92 Å². The van der Waals surface area contributed by atoms with Crippen molar-refractivity contribution in [2.24, 2.45) is 4.99 Å². The van der Waals surface area contributed by atoms with Gasteiger partial charge in [-0.05, 0) is 30.5 Å². The molecule has 4 nitrogen and oxygen atoms in total. The summed E-state index contributed by atoms with van der Waals surface area (Å²) in [6.45, 7) is 5.84. The molecule has 0 saturated carbocycles. The summed E-state index contributed by atoms with van der Waals surface area (Å²) in [5, 5.41) is 9.72. The maximum absolute atomic E-state index is 11.6. The molecular weight excluding hydrogens is 254 g/mol. The van der Waals surface area contributed by atoms with Crippen molar-refractivity contribution >= 4 is 11.9 Å². The van der Waals surface area contributed by atoms with E-state index in [2.05, 4.69) is 18.8 Å². The fourth-order valence-corrected chi connectivity index (χ4v) is 1.81. The Bertz CT molecular complexity index is 682. The number of rotatable bonds is 3. The van der Waals surface area contributed by atoms with Crippen molar-refractivity contribution in [1.82, 2.24) is 0 Å². The molecule has 104 valence electrons. The van der Waals surface area contributed by atoms with E-state index in [0.717, 1.165) is 0 Å². The average Bonchev–Trinajstić information content (AvgIpc) is 2.38. The first kappa shape index (κ1) is 14.1. The number of benzene rings is 1. The lowest BCUT2D eigenvalue weighted by Crippen LogP contribution is -2.07. The summed E-state index contributed by atoms with van der Waals surface area (Å²) in [4.78, 5) is 15.8.